The van der Waals surface area contributed by atoms with Crippen molar-refractivity contribution in [3.05, 3.63) is 53.1 Å². The Kier molecular flexibility index (Phi) is 3.60. The lowest BCUT2D eigenvalue weighted by Gasteiger charge is -2.37. The minimum Gasteiger partial charge on any atom is -0.371 e. The molecule has 0 N–H and O–H groups in total. The fourth-order valence-corrected chi connectivity index (χ4v) is 2.98. The van der Waals surface area contributed by atoms with Crippen LogP contribution in [0.25, 0.3) is 0 Å². The first-order valence-electron chi connectivity index (χ1n) is 6.96. The summed E-state index contributed by atoms with van der Waals surface area (Å²) in [6.07, 6.45) is 0. The van der Waals surface area contributed by atoms with E-state index in [4.69, 9.17) is 11.6 Å². The van der Waals surface area contributed by atoms with Gasteiger partial charge >= 0.3 is 0 Å². The average molecular weight is 301 g/mol. The van der Waals surface area contributed by atoms with Gasteiger partial charge in [-0.15, -0.1) is 0 Å². The molecule has 0 atom stereocenters. The van der Waals surface area contributed by atoms with Gasteiger partial charge < -0.3 is 9.80 Å². The van der Waals surface area contributed by atoms with Gasteiger partial charge in [-0.05, 0) is 37.3 Å². The van der Waals surface area contributed by atoms with Gasteiger partial charge in [0.1, 0.15) is 0 Å². The fourth-order valence-electron chi connectivity index (χ4n) is 2.70. The summed E-state index contributed by atoms with van der Waals surface area (Å²) in [5.41, 5.74) is 3.92. The lowest BCUT2D eigenvalue weighted by molar-refractivity contribution is 0.101. The van der Waals surface area contributed by atoms with Crippen LogP contribution in [0.15, 0.2) is 42.5 Å². The number of likely N-dealkylation sites (N-methyl/N-ethyl adjacent to an activating group) is 1. The maximum absolute atomic E-state index is 11.4. The van der Waals surface area contributed by atoms with E-state index in [1.165, 1.54) is 5.69 Å². The first-order valence-corrected chi connectivity index (χ1v) is 7.34. The number of carbonyl (C=O) groups is 1. The van der Waals surface area contributed by atoms with Crippen LogP contribution in [-0.4, -0.2) is 25.9 Å². The molecular formula is C17H17ClN2O. The predicted octanol–water partition coefficient (Wildman–Crippen LogP) is 4.13. The Bertz CT molecular complexity index is 699. The smallest absolute Gasteiger partial charge is 0.159 e. The van der Waals surface area contributed by atoms with Gasteiger partial charge in [-0.25, -0.2) is 0 Å². The highest BCUT2D eigenvalue weighted by Crippen LogP contribution is 2.39. The molecule has 21 heavy (non-hydrogen) atoms. The fraction of sp³-hybridized carbons (Fsp3) is 0.235. The number of anilines is 3. The van der Waals surface area contributed by atoms with Gasteiger partial charge in [0.15, 0.2) is 5.78 Å². The second-order valence-electron chi connectivity index (χ2n) is 5.28. The number of nitrogens with zero attached hydrogens (tertiary/aromatic N) is 2. The molecule has 3 rings (SSSR count). The molecule has 2 aromatic rings. The van der Waals surface area contributed by atoms with Crippen LogP contribution in [0.5, 0.6) is 0 Å². The largest absolute Gasteiger partial charge is 0.371 e. The molecule has 0 bridgehead atoms. The summed E-state index contributed by atoms with van der Waals surface area (Å²) >= 11 is 6.40. The zero-order chi connectivity index (χ0) is 15.0. The zero-order valence-corrected chi connectivity index (χ0v) is 12.9. The average Bonchev–Trinajstić information content (AvgIpc) is 2.48. The van der Waals surface area contributed by atoms with Crippen LogP contribution in [0.2, 0.25) is 5.02 Å². The van der Waals surface area contributed by atoms with Gasteiger partial charge in [-0.2, -0.15) is 0 Å². The molecule has 0 spiro atoms. The predicted molar refractivity (Wildman–Crippen MR) is 88.2 cm³/mol. The number of ketones is 1. The molecule has 0 amide bonds. The molecule has 0 unspecified atom stereocenters. The highest BCUT2D eigenvalue weighted by Gasteiger charge is 2.22. The Hall–Kier alpha value is -2.00. The third-order valence-corrected chi connectivity index (χ3v) is 4.19. The molecule has 2 aromatic carbocycles. The van der Waals surface area contributed by atoms with Gasteiger partial charge in [0.05, 0.1) is 22.1 Å². The second-order valence-corrected chi connectivity index (χ2v) is 5.69. The highest BCUT2D eigenvalue weighted by molar-refractivity contribution is 6.33. The van der Waals surface area contributed by atoms with Gasteiger partial charge in [0.2, 0.25) is 0 Å². The number of carbonyl (C=O) groups excluding carboxylic acids is 1. The van der Waals surface area contributed by atoms with Crippen molar-refractivity contribution in [1.82, 2.24) is 0 Å². The first kappa shape index (κ1) is 14.0. The van der Waals surface area contributed by atoms with E-state index in [0.717, 1.165) is 24.5 Å². The molecule has 4 heteroatoms. The molecule has 0 aromatic heterocycles. The summed E-state index contributed by atoms with van der Waals surface area (Å²) in [6.45, 7) is 3.35. The topological polar surface area (TPSA) is 23.6 Å². The molecular weight excluding hydrogens is 284 g/mol. The quantitative estimate of drug-likeness (QED) is 0.779. The number of hydrogen-bond acceptors (Lipinski definition) is 3. The highest BCUT2D eigenvalue weighted by atomic mass is 35.5. The molecule has 3 nitrogen and oxygen atoms in total. The number of para-hydroxylation sites is 2. The molecule has 0 fully saturated rings. The molecule has 108 valence electrons. The van der Waals surface area contributed by atoms with E-state index in [1.54, 1.807) is 13.0 Å². The van der Waals surface area contributed by atoms with Crippen molar-refractivity contribution in [2.75, 3.05) is 29.9 Å². The van der Waals surface area contributed by atoms with Gasteiger partial charge in [0.25, 0.3) is 0 Å². The summed E-state index contributed by atoms with van der Waals surface area (Å²) in [5.74, 6) is 0.0298. The van der Waals surface area contributed by atoms with Crippen molar-refractivity contribution in [2.45, 2.75) is 6.92 Å². The maximum Gasteiger partial charge on any atom is 0.159 e. The van der Waals surface area contributed by atoms with Crippen LogP contribution in [0.3, 0.4) is 0 Å². The van der Waals surface area contributed by atoms with Crippen LogP contribution in [-0.2, 0) is 0 Å². The van der Waals surface area contributed by atoms with Crippen LogP contribution >= 0.6 is 11.6 Å². The van der Waals surface area contributed by atoms with Gasteiger partial charge in [-0.1, -0.05) is 23.7 Å². The van der Waals surface area contributed by atoms with Crippen molar-refractivity contribution in [3.8, 4) is 0 Å². The number of Topliss-reactive ketones (excluding diaryl/α,β-unsaturated/α-hetero) is 1. The number of halogens is 1. The maximum atomic E-state index is 11.4. The second kappa shape index (κ2) is 5.41. The number of hydrogen-bond donors (Lipinski definition) is 0. The molecule has 0 saturated carbocycles. The van der Waals surface area contributed by atoms with E-state index in [0.29, 0.717) is 10.6 Å². The minimum absolute atomic E-state index is 0.0298. The molecule has 1 heterocycles. The van der Waals surface area contributed by atoms with Crippen LogP contribution in [0.1, 0.15) is 17.3 Å². The summed E-state index contributed by atoms with van der Waals surface area (Å²) in [7, 11) is 2.09. The Labute approximate surface area is 129 Å². The standard InChI is InChI=1S/C17H17ClN2O/c1-12(21)13-7-8-15(14(18)11-13)20-10-9-19(2)16-5-3-4-6-17(16)20/h3-8,11H,9-10H2,1-2H3. The monoisotopic (exact) mass is 300 g/mol. The van der Waals surface area contributed by atoms with Crippen LogP contribution in [0, 0.1) is 0 Å². The van der Waals surface area contributed by atoms with Crippen molar-refractivity contribution in [3.63, 3.8) is 0 Å². The molecule has 0 aliphatic carbocycles. The van der Waals surface area contributed by atoms with E-state index in [1.807, 2.05) is 24.3 Å². The van der Waals surface area contributed by atoms with Crippen molar-refractivity contribution in [1.29, 1.82) is 0 Å². The summed E-state index contributed by atoms with van der Waals surface area (Å²) in [6, 6.07) is 13.8. The lowest BCUT2D eigenvalue weighted by atomic mass is 10.1. The third kappa shape index (κ3) is 2.49. The summed E-state index contributed by atoms with van der Waals surface area (Å²) < 4.78 is 0. The first-order chi connectivity index (χ1) is 10.1. The van der Waals surface area contributed by atoms with Crippen molar-refractivity contribution >= 4 is 34.4 Å². The van der Waals surface area contributed by atoms with E-state index < -0.39 is 0 Å². The van der Waals surface area contributed by atoms with Crippen LogP contribution < -0.4 is 9.80 Å². The molecule has 1 aliphatic rings. The number of benzene rings is 2. The lowest BCUT2D eigenvalue weighted by Crippen LogP contribution is -2.36. The molecule has 0 saturated heterocycles. The number of fused-ring (bicyclic) bond motifs is 1. The Morgan fingerprint density at radius 2 is 1.76 bits per heavy atom. The SMILES string of the molecule is CC(=O)c1ccc(N2CCN(C)c3ccccc32)c(Cl)c1. The van der Waals surface area contributed by atoms with Crippen molar-refractivity contribution in [2.24, 2.45) is 0 Å². The van der Waals surface area contributed by atoms with E-state index in [9.17, 15) is 4.79 Å². The summed E-state index contributed by atoms with van der Waals surface area (Å²) in [4.78, 5) is 15.9. The minimum atomic E-state index is 0.0298. The van der Waals surface area contributed by atoms with E-state index in [2.05, 4.69) is 29.0 Å². The third-order valence-electron chi connectivity index (χ3n) is 3.89. The summed E-state index contributed by atoms with van der Waals surface area (Å²) in [5, 5.41) is 0.613. The van der Waals surface area contributed by atoms with E-state index in [-0.39, 0.29) is 5.78 Å². The van der Waals surface area contributed by atoms with Gasteiger partial charge in [0, 0.05) is 25.7 Å². The number of rotatable bonds is 2. The molecule has 1 aliphatic heterocycles. The molecule has 0 radical (unpaired) electrons. The van der Waals surface area contributed by atoms with E-state index >= 15 is 0 Å². The van der Waals surface area contributed by atoms with Crippen molar-refractivity contribution < 1.29 is 4.79 Å². The normalized spacial score (nSPS) is 14.0. The Morgan fingerprint density at radius 3 is 2.43 bits per heavy atom. The Balaban J connectivity index is 2.06. The zero-order valence-electron chi connectivity index (χ0n) is 12.1. The van der Waals surface area contributed by atoms with Crippen LogP contribution in [0.4, 0.5) is 17.1 Å². The Morgan fingerprint density at radius 1 is 1.05 bits per heavy atom. The van der Waals surface area contributed by atoms with Gasteiger partial charge in [-0.3, -0.25) is 4.79 Å².